The van der Waals surface area contributed by atoms with Gasteiger partial charge in [-0.2, -0.15) is 0 Å². The van der Waals surface area contributed by atoms with Crippen molar-refractivity contribution in [2.45, 2.75) is 38.0 Å². The predicted octanol–water partition coefficient (Wildman–Crippen LogP) is 4.16. The molecule has 0 aliphatic rings. The van der Waals surface area contributed by atoms with Crippen LogP contribution < -0.4 is 14.4 Å². The molecule has 2 aromatic carbocycles. The van der Waals surface area contributed by atoms with E-state index in [2.05, 4.69) is 12.2 Å². The van der Waals surface area contributed by atoms with E-state index in [1.807, 2.05) is 0 Å². The summed E-state index contributed by atoms with van der Waals surface area (Å²) in [5.74, 6) is -0.149. The molecule has 2 aromatic rings. The van der Waals surface area contributed by atoms with Crippen LogP contribution in [-0.2, 0) is 14.8 Å². The maximum Gasteiger partial charge on any atom is 0.268 e. The Bertz CT molecular complexity index is 930. The molecule has 1 N–H and O–H groups in total. The van der Waals surface area contributed by atoms with Gasteiger partial charge in [0.05, 0.1) is 12.8 Å². The van der Waals surface area contributed by atoms with Crippen LogP contribution >= 0.6 is 11.6 Å². The zero-order valence-electron chi connectivity index (χ0n) is 16.9. The topological polar surface area (TPSA) is 75.7 Å². The van der Waals surface area contributed by atoms with E-state index in [1.54, 1.807) is 43.3 Å². The van der Waals surface area contributed by atoms with Gasteiger partial charge in [-0.05, 0) is 55.3 Å². The van der Waals surface area contributed by atoms with Gasteiger partial charge in [0.2, 0.25) is 5.91 Å². The third-order valence-electron chi connectivity index (χ3n) is 4.39. The van der Waals surface area contributed by atoms with Gasteiger partial charge in [0.25, 0.3) is 10.0 Å². The molecule has 0 radical (unpaired) electrons. The van der Waals surface area contributed by atoms with Crippen LogP contribution in [0.3, 0.4) is 0 Å². The molecule has 0 aromatic heterocycles. The van der Waals surface area contributed by atoms with Crippen molar-refractivity contribution in [3.63, 3.8) is 0 Å². The van der Waals surface area contributed by atoms with E-state index in [-0.39, 0.29) is 23.1 Å². The lowest BCUT2D eigenvalue weighted by Crippen LogP contribution is -2.41. The lowest BCUT2D eigenvalue weighted by molar-refractivity contribution is -0.119. The Morgan fingerprint density at radius 2 is 1.83 bits per heavy atom. The minimum Gasteiger partial charge on any atom is -0.495 e. The van der Waals surface area contributed by atoms with Gasteiger partial charge < -0.3 is 10.1 Å². The molecule has 6 nitrogen and oxygen atoms in total. The predicted molar refractivity (Wildman–Crippen MR) is 116 cm³/mol. The maximum atomic E-state index is 13.5. The van der Waals surface area contributed by atoms with Gasteiger partial charge in [0.15, 0.2) is 0 Å². The first-order valence-electron chi connectivity index (χ1n) is 9.49. The van der Waals surface area contributed by atoms with Gasteiger partial charge in [-0.3, -0.25) is 9.10 Å². The Morgan fingerprint density at radius 3 is 2.45 bits per heavy atom. The second-order valence-electron chi connectivity index (χ2n) is 6.70. The molecule has 0 spiro atoms. The molecule has 0 heterocycles. The molecule has 0 bridgehead atoms. The fraction of sp³-hybridized carbons (Fsp3) is 0.381. The van der Waals surface area contributed by atoms with Crippen LogP contribution in [-0.4, -0.2) is 34.5 Å². The van der Waals surface area contributed by atoms with E-state index >= 15 is 0 Å². The molecule has 8 heteroatoms. The number of amides is 1. The Morgan fingerprint density at radius 1 is 1.14 bits per heavy atom. The molecule has 2 rings (SSSR count). The smallest absolute Gasteiger partial charge is 0.268 e. The molecule has 0 saturated heterocycles. The van der Waals surface area contributed by atoms with Gasteiger partial charge in [0, 0.05) is 11.6 Å². The Balaban J connectivity index is 2.40. The molecule has 0 aliphatic carbocycles. The van der Waals surface area contributed by atoms with Gasteiger partial charge >= 0.3 is 0 Å². The summed E-state index contributed by atoms with van der Waals surface area (Å²) < 4.78 is 33.3. The number of rotatable bonds is 10. The highest BCUT2D eigenvalue weighted by Crippen LogP contribution is 2.31. The molecule has 0 aliphatic heterocycles. The van der Waals surface area contributed by atoms with Crippen LogP contribution in [0.1, 0.15) is 31.7 Å². The number of carbonyl (C=O) groups is 1. The van der Waals surface area contributed by atoms with Crippen molar-refractivity contribution < 1.29 is 17.9 Å². The van der Waals surface area contributed by atoms with Crippen molar-refractivity contribution in [1.82, 2.24) is 5.32 Å². The summed E-state index contributed by atoms with van der Waals surface area (Å²) in [6.45, 7) is 4.04. The lowest BCUT2D eigenvalue weighted by atomic mass is 10.2. The van der Waals surface area contributed by atoms with E-state index in [0.29, 0.717) is 17.3 Å². The highest BCUT2D eigenvalue weighted by Gasteiger charge is 2.30. The van der Waals surface area contributed by atoms with Crippen LogP contribution in [0, 0.1) is 6.92 Å². The largest absolute Gasteiger partial charge is 0.495 e. The number of hydrogen-bond donors (Lipinski definition) is 1. The van der Waals surface area contributed by atoms with Crippen molar-refractivity contribution >= 4 is 33.2 Å². The number of nitrogens with zero attached hydrogens (tertiary/aromatic N) is 1. The minimum atomic E-state index is -4.06. The van der Waals surface area contributed by atoms with Crippen molar-refractivity contribution in [2.24, 2.45) is 0 Å². The molecule has 158 valence electrons. The Kier molecular flexibility index (Phi) is 8.34. The van der Waals surface area contributed by atoms with Crippen molar-refractivity contribution in [2.75, 3.05) is 24.5 Å². The molecule has 0 atom stereocenters. The zero-order valence-corrected chi connectivity index (χ0v) is 18.5. The maximum absolute atomic E-state index is 13.5. The summed E-state index contributed by atoms with van der Waals surface area (Å²) in [7, 11) is -2.64. The number of sulfonamides is 1. The van der Waals surface area contributed by atoms with Crippen molar-refractivity contribution in [1.29, 1.82) is 0 Å². The molecule has 1 amide bonds. The van der Waals surface area contributed by atoms with E-state index in [4.69, 9.17) is 16.3 Å². The first-order valence-corrected chi connectivity index (χ1v) is 11.3. The average Bonchev–Trinajstić information content (AvgIpc) is 2.70. The molecule has 0 fully saturated rings. The van der Waals surface area contributed by atoms with E-state index in [0.717, 1.165) is 29.1 Å². The number of benzene rings is 2. The highest BCUT2D eigenvalue weighted by molar-refractivity contribution is 7.93. The fourth-order valence-corrected chi connectivity index (χ4v) is 4.61. The number of ether oxygens (including phenoxy) is 1. The van der Waals surface area contributed by atoms with Gasteiger partial charge in [0.1, 0.15) is 17.2 Å². The summed E-state index contributed by atoms with van der Waals surface area (Å²) in [6, 6.07) is 11.2. The number of carbonyl (C=O) groups excluding carboxylic acids is 1. The second kappa shape index (κ2) is 10.5. The number of nitrogens with one attached hydrogen (secondary N) is 1. The monoisotopic (exact) mass is 438 g/mol. The van der Waals surface area contributed by atoms with Crippen LogP contribution in [0.2, 0.25) is 5.02 Å². The molecule has 0 unspecified atom stereocenters. The fourth-order valence-electron chi connectivity index (χ4n) is 2.82. The number of unbranched alkanes of at least 4 members (excludes halogenated alkanes) is 2. The lowest BCUT2D eigenvalue weighted by Gasteiger charge is -2.25. The summed E-state index contributed by atoms with van der Waals surface area (Å²) >= 11 is 5.95. The molecule has 29 heavy (non-hydrogen) atoms. The number of anilines is 1. The van der Waals surface area contributed by atoms with Gasteiger partial charge in [-0.1, -0.05) is 37.4 Å². The normalized spacial score (nSPS) is 11.2. The molecule has 0 saturated carbocycles. The third-order valence-corrected chi connectivity index (χ3v) is 6.44. The van der Waals surface area contributed by atoms with Crippen LogP contribution in [0.25, 0.3) is 0 Å². The SMILES string of the molecule is CCCCCNC(=O)CN(c1ccc(Cl)cc1)S(=O)(=O)c1cc(C)ccc1OC. The summed E-state index contributed by atoms with van der Waals surface area (Å²) in [6.07, 6.45) is 2.88. The second-order valence-corrected chi connectivity index (χ2v) is 8.97. The van der Waals surface area contributed by atoms with Gasteiger partial charge in [-0.25, -0.2) is 8.42 Å². The van der Waals surface area contributed by atoms with E-state index < -0.39 is 10.0 Å². The summed E-state index contributed by atoms with van der Waals surface area (Å²) in [5, 5.41) is 3.27. The quantitative estimate of drug-likeness (QED) is 0.565. The number of methoxy groups -OCH3 is 1. The Hall–Kier alpha value is -2.25. The number of hydrogen-bond acceptors (Lipinski definition) is 4. The van der Waals surface area contributed by atoms with Gasteiger partial charge in [-0.15, -0.1) is 0 Å². The van der Waals surface area contributed by atoms with Crippen LogP contribution in [0.5, 0.6) is 5.75 Å². The Labute approximate surface area is 177 Å². The molecular weight excluding hydrogens is 412 g/mol. The first-order chi connectivity index (χ1) is 13.8. The van der Waals surface area contributed by atoms with Crippen LogP contribution in [0.15, 0.2) is 47.4 Å². The highest BCUT2D eigenvalue weighted by atomic mass is 35.5. The first kappa shape index (κ1) is 23.0. The van der Waals surface area contributed by atoms with E-state index in [9.17, 15) is 13.2 Å². The standard InChI is InChI=1S/C21H27ClN2O4S/c1-4-5-6-13-23-21(25)15-24(18-10-8-17(22)9-11-18)29(26,27)20-14-16(2)7-12-19(20)28-3/h7-12,14H,4-6,13,15H2,1-3H3,(H,23,25). The summed E-state index contributed by atoms with van der Waals surface area (Å²) in [5.41, 5.74) is 1.12. The van der Waals surface area contributed by atoms with Crippen molar-refractivity contribution in [3.8, 4) is 5.75 Å². The third kappa shape index (κ3) is 6.11. The minimum absolute atomic E-state index is 0.00809. The number of halogens is 1. The molecular formula is C21H27ClN2O4S. The van der Waals surface area contributed by atoms with Crippen LogP contribution in [0.4, 0.5) is 5.69 Å². The zero-order chi connectivity index (χ0) is 21.4. The summed E-state index contributed by atoms with van der Waals surface area (Å²) in [4.78, 5) is 12.5. The van der Waals surface area contributed by atoms with E-state index in [1.165, 1.54) is 13.2 Å². The number of aryl methyl sites for hydroxylation is 1. The average molecular weight is 439 g/mol. The van der Waals surface area contributed by atoms with Crippen molar-refractivity contribution in [3.05, 3.63) is 53.1 Å².